The number of rotatable bonds is 11. The molecule has 0 atom stereocenters. The molecule has 2 N–H and O–H groups in total. The van der Waals surface area contributed by atoms with Crippen LogP contribution in [0, 0.1) is 0 Å². The van der Waals surface area contributed by atoms with Crippen LogP contribution >= 0.6 is 0 Å². The second-order valence-corrected chi connectivity index (χ2v) is 10.7. The van der Waals surface area contributed by atoms with Gasteiger partial charge >= 0.3 is 12.3 Å². The maximum atomic E-state index is 14.1. The Hall–Kier alpha value is -5.25. The van der Waals surface area contributed by atoms with Crippen molar-refractivity contribution in [2.45, 2.75) is 39.2 Å². The number of alkyl halides is 3. The van der Waals surface area contributed by atoms with Gasteiger partial charge in [-0.3, -0.25) is 4.79 Å². The lowest BCUT2D eigenvalue weighted by Gasteiger charge is -2.24. The zero-order chi connectivity index (χ0) is 32.1. The number of carbonyl (C=O) groups is 2. The molecule has 10 heteroatoms. The van der Waals surface area contributed by atoms with Crippen molar-refractivity contribution in [3.63, 3.8) is 0 Å². The van der Waals surface area contributed by atoms with Gasteiger partial charge in [0.05, 0.1) is 11.8 Å². The summed E-state index contributed by atoms with van der Waals surface area (Å²) in [7, 11) is 0. The van der Waals surface area contributed by atoms with Gasteiger partial charge in [0.1, 0.15) is 17.2 Å². The maximum absolute atomic E-state index is 14.1. The van der Waals surface area contributed by atoms with E-state index in [2.05, 4.69) is 9.72 Å². The number of carbonyl (C=O) groups excluding carboxylic acids is 1. The predicted octanol–water partition coefficient (Wildman–Crippen LogP) is 8.50. The highest BCUT2D eigenvalue weighted by Gasteiger charge is 2.32. The van der Waals surface area contributed by atoms with E-state index in [9.17, 15) is 27.9 Å². The van der Waals surface area contributed by atoms with E-state index in [-0.39, 0.29) is 29.6 Å². The molecular formula is C35H31F3N2O5. The fraction of sp³-hybridized carbons (Fsp3) is 0.200. The van der Waals surface area contributed by atoms with Gasteiger partial charge in [0.2, 0.25) is 0 Å². The number of amides is 1. The van der Waals surface area contributed by atoms with Crippen LogP contribution in [0.1, 0.15) is 46.7 Å². The average Bonchev–Trinajstić information content (AvgIpc) is 3.39. The minimum atomic E-state index is -4.88. The molecular weight excluding hydrogens is 585 g/mol. The number of aryl methyl sites for hydroxylation is 1. The van der Waals surface area contributed by atoms with Crippen LogP contribution in [0.15, 0.2) is 97.1 Å². The summed E-state index contributed by atoms with van der Waals surface area (Å²) in [6, 6.07) is 27.0. The Balaban J connectivity index is 1.61. The number of hydrogen-bond acceptors (Lipinski definition) is 4. The number of anilines is 1. The number of aromatic amines is 1. The summed E-state index contributed by atoms with van der Waals surface area (Å²) in [5.41, 5.74) is 3.09. The van der Waals surface area contributed by atoms with Crippen molar-refractivity contribution < 1.29 is 37.3 Å². The van der Waals surface area contributed by atoms with Gasteiger partial charge in [-0.25, -0.2) is 4.79 Å². The third kappa shape index (κ3) is 7.46. The van der Waals surface area contributed by atoms with Gasteiger partial charge in [0, 0.05) is 23.0 Å². The Kier molecular flexibility index (Phi) is 9.13. The Bertz CT molecular complexity index is 1780. The third-order valence-electron chi connectivity index (χ3n) is 7.09. The number of halogens is 3. The van der Waals surface area contributed by atoms with Gasteiger partial charge in [-0.1, -0.05) is 54.6 Å². The zero-order valence-electron chi connectivity index (χ0n) is 24.6. The highest BCUT2D eigenvalue weighted by Crippen LogP contribution is 2.40. The molecule has 1 aromatic heterocycles. The molecule has 232 valence electrons. The molecule has 0 saturated heterocycles. The van der Waals surface area contributed by atoms with E-state index in [0.717, 1.165) is 23.3 Å². The summed E-state index contributed by atoms with van der Waals surface area (Å²) in [5.74, 6) is -1.62. The van der Waals surface area contributed by atoms with Gasteiger partial charge in [-0.05, 0) is 85.8 Å². The molecule has 0 fully saturated rings. The van der Waals surface area contributed by atoms with Gasteiger partial charge in [-0.15, -0.1) is 13.2 Å². The molecule has 0 unspecified atom stereocenters. The monoisotopic (exact) mass is 616 g/mol. The topological polar surface area (TPSA) is 91.9 Å². The number of nitrogens with zero attached hydrogens (tertiary/aromatic N) is 1. The Labute approximate surface area is 257 Å². The highest BCUT2D eigenvalue weighted by atomic mass is 19.4. The molecule has 1 heterocycles. The fourth-order valence-electron chi connectivity index (χ4n) is 5.24. The number of hydrogen-bond donors (Lipinski definition) is 2. The van der Waals surface area contributed by atoms with Gasteiger partial charge in [-0.2, -0.15) is 0 Å². The molecule has 0 spiro atoms. The molecule has 0 aliphatic rings. The highest BCUT2D eigenvalue weighted by molar-refractivity contribution is 6.18. The van der Waals surface area contributed by atoms with Crippen LogP contribution in [-0.4, -0.2) is 41.0 Å². The van der Waals surface area contributed by atoms with E-state index in [1.807, 2.05) is 74.5 Å². The summed E-state index contributed by atoms with van der Waals surface area (Å²) >= 11 is 0. The number of benzene rings is 4. The van der Waals surface area contributed by atoms with E-state index >= 15 is 0 Å². The van der Waals surface area contributed by atoms with Crippen molar-refractivity contribution in [3.05, 3.63) is 114 Å². The fourth-order valence-corrected chi connectivity index (χ4v) is 5.24. The number of nitrogens with one attached hydrogen (secondary N) is 1. The van der Waals surface area contributed by atoms with Crippen molar-refractivity contribution in [2.24, 2.45) is 0 Å². The van der Waals surface area contributed by atoms with Crippen LogP contribution in [0.4, 0.5) is 18.9 Å². The lowest BCUT2D eigenvalue weighted by molar-refractivity contribution is -0.274. The number of H-pyrrole nitrogens is 1. The summed E-state index contributed by atoms with van der Waals surface area (Å²) in [4.78, 5) is 31.1. The summed E-state index contributed by atoms with van der Waals surface area (Å²) < 4.78 is 48.0. The number of aromatic nitrogens is 1. The number of carboxylic acids is 1. The first kappa shape index (κ1) is 31.2. The normalized spacial score (nSPS) is 11.5. The third-order valence-corrected chi connectivity index (χ3v) is 7.09. The number of aromatic carboxylic acids is 1. The molecule has 1 amide bonds. The predicted molar refractivity (Wildman–Crippen MR) is 166 cm³/mol. The van der Waals surface area contributed by atoms with Crippen LogP contribution < -0.4 is 14.4 Å². The average molecular weight is 617 g/mol. The van der Waals surface area contributed by atoms with Gasteiger partial charge < -0.3 is 24.5 Å². The second-order valence-electron chi connectivity index (χ2n) is 10.7. The molecule has 0 bridgehead atoms. The molecule has 0 aliphatic heterocycles. The molecule has 5 rings (SSSR count). The van der Waals surface area contributed by atoms with E-state index in [0.29, 0.717) is 35.1 Å². The van der Waals surface area contributed by atoms with E-state index < -0.39 is 24.0 Å². The van der Waals surface area contributed by atoms with Crippen LogP contribution in [0.25, 0.3) is 22.0 Å². The lowest BCUT2D eigenvalue weighted by atomic mass is 9.99. The first-order valence-corrected chi connectivity index (χ1v) is 14.4. The number of fused-ring (bicyclic) bond motifs is 1. The minimum absolute atomic E-state index is 0.0155. The Morgan fingerprint density at radius 2 is 1.53 bits per heavy atom. The van der Waals surface area contributed by atoms with Crippen molar-refractivity contribution in [1.82, 2.24) is 4.98 Å². The molecule has 0 radical (unpaired) electrons. The standard InChI is InChI=1S/C35H31F3N2O5/c1-22(2)44-26-17-13-24(14-18-26)28-11-6-12-29-30(28)32(31(39-29)34(42)43)40(21-7-10-23-8-4-3-5-9-23)33(41)25-15-19-27(20-16-25)45-35(36,37)38/h3-6,8-9,11-20,22,39H,7,10,21H2,1-2H3,(H,42,43). The summed E-state index contributed by atoms with van der Waals surface area (Å²) in [6.45, 7) is 3.99. The lowest BCUT2D eigenvalue weighted by Crippen LogP contribution is -2.33. The van der Waals surface area contributed by atoms with Gasteiger partial charge in [0.25, 0.3) is 5.91 Å². The van der Waals surface area contributed by atoms with E-state index in [1.54, 1.807) is 12.1 Å². The van der Waals surface area contributed by atoms with Crippen molar-refractivity contribution >= 4 is 28.5 Å². The summed E-state index contributed by atoms with van der Waals surface area (Å²) in [6.07, 6.45) is -3.80. The van der Waals surface area contributed by atoms with Crippen molar-refractivity contribution in [1.29, 1.82) is 0 Å². The first-order valence-electron chi connectivity index (χ1n) is 14.4. The Morgan fingerprint density at radius 1 is 0.867 bits per heavy atom. The molecule has 0 saturated carbocycles. The SMILES string of the molecule is CC(C)Oc1ccc(-c2cccc3[nH]c(C(=O)O)c(N(CCCc4ccccc4)C(=O)c4ccc(OC(F)(F)F)cc4)c23)cc1. The maximum Gasteiger partial charge on any atom is 0.573 e. The van der Waals surface area contributed by atoms with Gasteiger partial charge in [0.15, 0.2) is 0 Å². The number of carboxylic acid groups (broad SMARTS) is 1. The molecule has 45 heavy (non-hydrogen) atoms. The van der Waals surface area contributed by atoms with Crippen LogP contribution in [0.5, 0.6) is 11.5 Å². The van der Waals surface area contributed by atoms with E-state index in [4.69, 9.17) is 4.74 Å². The number of ether oxygens (including phenoxy) is 2. The molecule has 7 nitrogen and oxygen atoms in total. The quantitative estimate of drug-likeness (QED) is 0.155. The molecule has 4 aromatic carbocycles. The van der Waals surface area contributed by atoms with Crippen LogP contribution in [0.2, 0.25) is 0 Å². The minimum Gasteiger partial charge on any atom is -0.491 e. The first-order chi connectivity index (χ1) is 21.5. The second kappa shape index (κ2) is 13.2. The zero-order valence-corrected chi connectivity index (χ0v) is 24.6. The van der Waals surface area contributed by atoms with Crippen molar-refractivity contribution in [3.8, 4) is 22.6 Å². The smallest absolute Gasteiger partial charge is 0.491 e. The molecule has 5 aromatic rings. The van der Waals surface area contributed by atoms with Crippen LogP contribution in [0.3, 0.4) is 0 Å². The largest absolute Gasteiger partial charge is 0.573 e. The summed E-state index contributed by atoms with van der Waals surface area (Å²) in [5, 5.41) is 10.8. The molecule has 0 aliphatic carbocycles. The van der Waals surface area contributed by atoms with Crippen LogP contribution in [-0.2, 0) is 6.42 Å². The Morgan fingerprint density at radius 3 is 2.16 bits per heavy atom. The van der Waals surface area contributed by atoms with E-state index in [1.165, 1.54) is 17.0 Å². The van der Waals surface area contributed by atoms with Crippen molar-refractivity contribution in [2.75, 3.05) is 11.4 Å².